The van der Waals surface area contributed by atoms with Crippen molar-refractivity contribution in [2.24, 2.45) is 5.92 Å². The van der Waals surface area contributed by atoms with Crippen molar-refractivity contribution in [2.45, 2.75) is 32.6 Å². The van der Waals surface area contributed by atoms with E-state index in [9.17, 15) is 0 Å². The molecule has 1 heterocycles. The Labute approximate surface area is 107 Å². The van der Waals surface area contributed by atoms with E-state index < -0.39 is 0 Å². The minimum atomic E-state index is 0.509. The number of nitrogen functional groups attached to an aromatic ring is 1. The highest BCUT2D eigenvalue weighted by Gasteiger charge is 2.23. The van der Waals surface area contributed by atoms with E-state index in [-0.39, 0.29) is 0 Å². The van der Waals surface area contributed by atoms with Gasteiger partial charge in [-0.25, -0.2) is 0 Å². The second-order valence-corrected chi connectivity index (χ2v) is 5.24. The van der Waals surface area contributed by atoms with Crippen LogP contribution in [0.5, 0.6) is 0 Å². The number of rotatable bonds is 3. The summed E-state index contributed by atoms with van der Waals surface area (Å²) in [7, 11) is 0. The highest BCUT2D eigenvalue weighted by Crippen LogP contribution is 2.36. The van der Waals surface area contributed by atoms with Crippen LogP contribution in [-0.4, -0.2) is 5.16 Å². The van der Waals surface area contributed by atoms with Crippen molar-refractivity contribution < 1.29 is 4.52 Å². The summed E-state index contributed by atoms with van der Waals surface area (Å²) in [5.74, 6) is 2.21. The van der Waals surface area contributed by atoms with Crippen LogP contribution in [0.2, 0.25) is 0 Å². The summed E-state index contributed by atoms with van der Waals surface area (Å²) in [6, 6.07) is 8.33. The Balaban J connectivity index is 1.96. The summed E-state index contributed by atoms with van der Waals surface area (Å²) < 4.78 is 5.42. The summed E-state index contributed by atoms with van der Waals surface area (Å²) in [5, 5.41) is 3.94. The number of aromatic nitrogens is 1. The van der Waals surface area contributed by atoms with E-state index in [2.05, 4.69) is 30.3 Å². The molecule has 2 aromatic rings. The van der Waals surface area contributed by atoms with E-state index in [0.29, 0.717) is 5.82 Å². The first kappa shape index (κ1) is 11.3. The molecule has 3 heteroatoms. The smallest absolute Gasteiger partial charge is 0.175 e. The van der Waals surface area contributed by atoms with E-state index in [1.807, 2.05) is 6.07 Å². The van der Waals surface area contributed by atoms with Crippen molar-refractivity contribution in [1.82, 2.24) is 5.16 Å². The monoisotopic (exact) mass is 242 g/mol. The average molecular weight is 242 g/mol. The van der Waals surface area contributed by atoms with Gasteiger partial charge in [-0.1, -0.05) is 54.2 Å². The SMILES string of the molecule is Cc1cccc(-c2c(N)noc2CC2CCC2)c1. The fourth-order valence-corrected chi connectivity index (χ4v) is 2.55. The molecule has 1 aliphatic rings. The van der Waals surface area contributed by atoms with E-state index in [1.165, 1.54) is 24.8 Å². The van der Waals surface area contributed by atoms with E-state index in [0.717, 1.165) is 29.2 Å². The molecular formula is C15H18N2O. The normalized spacial score (nSPS) is 15.6. The summed E-state index contributed by atoms with van der Waals surface area (Å²) in [5.41, 5.74) is 9.28. The molecule has 2 N–H and O–H groups in total. The molecule has 18 heavy (non-hydrogen) atoms. The zero-order valence-electron chi connectivity index (χ0n) is 10.6. The van der Waals surface area contributed by atoms with Gasteiger partial charge in [0.1, 0.15) is 5.76 Å². The van der Waals surface area contributed by atoms with Crippen molar-refractivity contribution in [3.05, 3.63) is 35.6 Å². The van der Waals surface area contributed by atoms with Crippen LogP contribution >= 0.6 is 0 Å². The van der Waals surface area contributed by atoms with Gasteiger partial charge in [0.05, 0.1) is 5.56 Å². The quantitative estimate of drug-likeness (QED) is 0.895. The molecule has 0 atom stereocenters. The van der Waals surface area contributed by atoms with Crippen LogP contribution in [0.15, 0.2) is 28.8 Å². The fourth-order valence-electron chi connectivity index (χ4n) is 2.55. The number of nitrogens with zero attached hydrogens (tertiary/aromatic N) is 1. The fraction of sp³-hybridized carbons (Fsp3) is 0.400. The Morgan fingerprint density at radius 2 is 2.22 bits per heavy atom. The Morgan fingerprint density at radius 3 is 2.89 bits per heavy atom. The highest BCUT2D eigenvalue weighted by atomic mass is 16.5. The minimum Gasteiger partial charge on any atom is -0.380 e. The Morgan fingerprint density at radius 1 is 1.39 bits per heavy atom. The second-order valence-electron chi connectivity index (χ2n) is 5.24. The third kappa shape index (κ3) is 2.01. The zero-order chi connectivity index (χ0) is 12.5. The van der Waals surface area contributed by atoms with Gasteiger partial charge in [0.25, 0.3) is 0 Å². The van der Waals surface area contributed by atoms with Gasteiger partial charge >= 0.3 is 0 Å². The van der Waals surface area contributed by atoms with Gasteiger partial charge in [0.2, 0.25) is 0 Å². The van der Waals surface area contributed by atoms with Gasteiger partial charge in [0.15, 0.2) is 5.82 Å². The minimum absolute atomic E-state index is 0.509. The zero-order valence-corrected chi connectivity index (χ0v) is 10.6. The van der Waals surface area contributed by atoms with Gasteiger partial charge in [-0.05, 0) is 18.4 Å². The van der Waals surface area contributed by atoms with Crippen molar-refractivity contribution in [3.8, 4) is 11.1 Å². The van der Waals surface area contributed by atoms with Gasteiger partial charge in [0, 0.05) is 6.42 Å². The Hall–Kier alpha value is -1.77. The number of aryl methyl sites for hydroxylation is 1. The lowest BCUT2D eigenvalue weighted by Crippen LogP contribution is -2.13. The van der Waals surface area contributed by atoms with E-state index in [1.54, 1.807) is 0 Å². The number of hydrogen-bond acceptors (Lipinski definition) is 3. The van der Waals surface area contributed by atoms with Crippen LogP contribution in [0.1, 0.15) is 30.6 Å². The van der Waals surface area contributed by atoms with Crippen LogP contribution in [0, 0.1) is 12.8 Å². The van der Waals surface area contributed by atoms with Gasteiger partial charge < -0.3 is 10.3 Å². The standard InChI is InChI=1S/C15H18N2O/c1-10-4-2-7-12(8-10)14-13(18-17-15(14)16)9-11-5-3-6-11/h2,4,7-8,11H,3,5-6,9H2,1H3,(H2,16,17). The molecule has 3 rings (SSSR count). The maximum absolute atomic E-state index is 5.95. The van der Waals surface area contributed by atoms with Gasteiger partial charge in [-0.15, -0.1) is 0 Å². The first-order chi connectivity index (χ1) is 8.74. The predicted octanol–water partition coefficient (Wildman–Crippen LogP) is 3.57. The van der Waals surface area contributed by atoms with Crippen LogP contribution in [0.4, 0.5) is 5.82 Å². The molecule has 0 radical (unpaired) electrons. The van der Waals surface area contributed by atoms with Gasteiger partial charge in [-0.3, -0.25) is 0 Å². The molecule has 0 unspecified atom stereocenters. The second kappa shape index (κ2) is 4.48. The molecule has 0 saturated heterocycles. The van der Waals surface area contributed by atoms with Crippen molar-refractivity contribution >= 4 is 5.82 Å². The molecule has 0 spiro atoms. The first-order valence-electron chi connectivity index (χ1n) is 6.55. The largest absolute Gasteiger partial charge is 0.380 e. The molecule has 0 amide bonds. The molecule has 1 aromatic carbocycles. The molecule has 0 aliphatic heterocycles. The lowest BCUT2D eigenvalue weighted by atomic mass is 9.81. The summed E-state index contributed by atoms with van der Waals surface area (Å²) in [6.45, 7) is 2.08. The molecule has 1 aliphatic carbocycles. The number of hydrogen-bond donors (Lipinski definition) is 1. The molecule has 1 aromatic heterocycles. The number of nitrogens with two attached hydrogens (primary N) is 1. The van der Waals surface area contributed by atoms with Crippen molar-refractivity contribution in [2.75, 3.05) is 5.73 Å². The topological polar surface area (TPSA) is 52.0 Å². The van der Waals surface area contributed by atoms with Gasteiger partial charge in [-0.2, -0.15) is 0 Å². The third-order valence-electron chi connectivity index (χ3n) is 3.79. The summed E-state index contributed by atoms with van der Waals surface area (Å²) in [4.78, 5) is 0. The predicted molar refractivity (Wildman–Crippen MR) is 72.1 cm³/mol. The van der Waals surface area contributed by atoms with Crippen LogP contribution in [-0.2, 0) is 6.42 Å². The summed E-state index contributed by atoms with van der Waals surface area (Å²) >= 11 is 0. The summed E-state index contributed by atoms with van der Waals surface area (Å²) in [6.07, 6.45) is 4.91. The van der Waals surface area contributed by atoms with E-state index in [4.69, 9.17) is 10.3 Å². The highest BCUT2D eigenvalue weighted by molar-refractivity contribution is 5.75. The van der Waals surface area contributed by atoms with Crippen LogP contribution in [0.25, 0.3) is 11.1 Å². The number of benzene rings is 1. The Bertz CT molecular complexity index is 555. The average Bonchev–Trinajstić information content (AvgIpc) is 2.65. The maximum atomic E-state index is 5.95. The lowest BCUT2D eigenvalue weighted by molar-refractivity contribution is 0.279. The maximum Gasteiger partial charge on any atom is 0.175 e. The molecule has 1 fully saturated rings. The molecular weight excluding hydrogens is 224 g/mol. The lowest BCUT2D eigenvalue weighted by Gasteiger charge is -2.24. The van der Waals surface area contributed by atoms with Crippen molar-refractivity contribution in [1.29, 1.82) is 0 Å². The first-order valence-corrected chi connectivity index (χ1v) is 6.55. The number of anilines is 1. The van der Waals surface area contributed by atoms with Crippen molar-refractivity contribution in [3.63, 3.8) is 0 Å². The molecule has 94 valence electrons. The molecule has 3 nitrogen and oxygen atoms in total. The van der Waals surface area contributed by atoms with Crippen LogP contribution < -0.4 is 5.73 Å². The molecule has 0 bridgehead atoms. The molecule has 1 saturated carbocycles. The third-order valence-corrected chi connectivity index (χ3v) is 3.79. The van der Waals surface area contributed by atoms with Crippen LogP contribution in [0.3, 0.4) is 0 Å². The van der Waals surface area contributed by atoms with E-state index >= 15 is 0 Å². The Kier molecular flexibility index (Phi) is 2.82.